The molecule has 1 fully saturated rings. The van der Waals surface area contributed by atoms with Crippen LogP contribution >= 0.6 is 15.9 Å². The summed E-state index contributed by atoms with van der Waals surface area (Å²) in [7, 11) is -4.08. The number of halogens is 1. The van der Waals surface area contributed by atoms with Crippen molar-refractivity contribution in [3.63, 3.8) is 0 Å². The molecule has 0 aliphatic heterocycles. The van der Waals surface area contributed by atoms with Crippen molar-refractivity contribution in [2.75, 3.05) is 10.8 Å². The van der Waals surface area contributed by atoms with Crippen molar-refractivity contribution in [2.24, 2.45) is 0 Å². The van der Waals surface area contributed by atoms with Crippen LogP contribution in [0.2, 0.25) is 0 Å². The third kappa shape index (κ3) is 7.77. The van der Waals surface area contributed by atoms with E-state index in [0.29, 0.717) is 12.1 Å². The fraction of sp³-hybridized carbons (Fsp3) is 0.375. The number of aryl methyl sites for hydroxylation is 1. The normalized spacial score (nSPS) is 14.7. The highest BCUT2D eigenvalue weighted by molar-refractivity contribution is 9.10. The van der Waals surface area contributed by atoms with Gasteiger partial charge in [0.2, 0.25) is 11.8 Å². The van der Waals surface area contributed by atoms with Crippen molar-refractivity contribution in [3.8, 4) is 0 Å². The molecule has 1 aliphatic carbocycles. The van der Waals surface area contributed by atoms with E-state index in [2.05, 4.69) is 21.2 Å². The number of sulfonamides is 1. The van der Waals surface area contributed by atoms with Crippen LogP contribution in [0.15, 0.2) is 88.2 Å². The number of nitrogens with zero attached hydrogens (tertiary/aromatic N) is 2. The van der Waals surface area contributed by atoms with Gasteiger partial charge in [0.05, 0.1) is 10.6 Å². The zero-order valence-corrected chi connectivity index (χ0v) is 26.0. The molecule has 1 aliphatic rings. The van der Waals surface area contributed by atoms with Gasteiger partial charge in [-0.1, -0.05) is 90.6 Å². The molecule has 0 saturated heterocycles. The van der Waals surface area contributed by atoms with E-state index >= 15 is 0 Å². The van der Waals surface area contributed by atoms with Crippen molar-refractivity contribution in [1.29, 1.82) is 0 Å². The third-order valence-electron chi connectivity index (χ3n) is 7.64. The molecule has 0 unspecified atom stereocenters. The van der Waals surface area contributed by atoms with Crippen LogP contribution in [0.5, 0.6) is 0 Å². The molecule has 2 amide bonds. The lowest BCUT2D eigenvalue weighted by atomic mass is 9.95. The molecule has 1 saturated carbocycles. The SMILES string of the molecule is CCc1ccccc1N(CC(=O)N(Cc1ccc(Br)cc1)[C@@H](C)C(=O)NC1CCCCC1)S(=O)(=O)c1ccccc1. The van der Waals surface area contributed by atoms with Gasteiger partial charge in [0.15, 0.2) is 0 Å². The van der Waals surface area contributed by atoms with E-state index in [-0.39, 0.29) is 23.4 Å². The molecule has 3 aromatic carbocycles. The quantitative estimate of drug-likeness (QED) is 0.276. The molecule has 7 nitrogen and oxygen atoms in total. The van der Waals surface area contributed by atoms with Crippen LogP contribution in [0.1, 0.15) is 57.1 Å². The first-order valence-electron chi connectivity index (χ1n) is 14.2. The second kappa shape index (κ2) is 14.1. The summed E-state index contributed by atoms with van der Waals surface area (Å²) in [5.41, 5.74) is 2.10. The molecule has 0 aromatic heterocycles. The minimum atomic E-state index is -4.08. The van der Waals surface area contributed by atoms with Crippen molar-refractivity contribution < 1.29 is 18.0 Å². The predicted molar refractivity (Wildman–Crippen MR) is 166 cm³/mol. The lowest BCUT2D eigenvalue weighted by molar-refractivity contribution is -0.139. The number of benzene rings is 3. The Morgan fingerprint density at radius 2 is 1.56 bits per heavy atom. The van der Waals surface area contributed by atoms with Crippen LogP contribution in [0.3, 0.4) is 0 Å². The van der Waals surface area contributed by atoms with Gasteiger partial charge >= 0.3 is 0 Å². The number of hydrogen-bond acceptors (Lipinski definition) is 4. The standard InChI is InChI=1S/C32H38BrN3O4S/c1-3-26-12-10-11-17-30(26)36(41(39,40)29-15-8-5-9-16-29)23-31(37)35(22-25-18-20-27(33)21-19-25)24(2)32(38)34-28-13-6-4-7-14-28/h5,8-12,15-21,24,28H,3-4,6-7,13-14,22-23H2,1-2H3,(H,34,38)/t24-/m0/s1. The fourth-order valence-corrected chi connectivity index (χ4v) is 6.96. The van der Waals surface area contributed by atoms with Gasteiger partial charge in [-0.3, -0.25) is 13.9 Å². The summed E-state index contributed by atoms with van der Waals surface area (Å²) in [6, 6.07) is 22.2. The minimum absolute atomic E-state index is 0.0923. The van der Waals surface area contributed by atoms with E-state index in [1.165, 1.54) is 27.8 Å². The number of rotatable bonds is 11. The molecule has 0 spiro atoms. The zero-order chi connectivity index (χ0) is 29.4. The van der Waals surface area contributed by atoms with Crippen molar-refractivity contribution in [3.05, 3.63) is 94.5 Å². The molecule has 3 aromatic rings. The first-order chi connectivity index (χ1) is 19.7. The maximum atomic E-state index is 14.1. The summed E-state index contributed by atoms with van der Waals surface area (Å²) in [5.74, 6) is -0.682. The van der Waals surface area contributed by atoms with Gasteiger partial charge in [-0.2, -0.15) is 0 Å². The van der Waals surface area contributed by atoms with Gasteiger partial charge in [0, 0.05) is 17.1 Å². The number of para-hydroxylation sites is 1. The van der Waals surface area contributed by atoms with E-state index in [4.69, 9.17) is 0 Å². The van der Waals surface area contributed by atoms with Crippen molar-refractivity contribution in [2.45, 2.75) is 75.9 Å². The summed E-state index contributed by atoms with van der Waals surface area (Å²) in [4.78, 5) is 29.2. The van der Waals surface area contributed by atoms with Gasteiger partial charge < -0.3 is 10.2 Å². The number of nitrogens with one attached hydrogen (secondary N) is 1. The highest BCUT2D eigenvalue weighted by atomic mass is 79.9. The van der Waals surface area contributed by atoms with Gasteiger partial charge in [0.25, 0.3) is 10.0 Å². The molecule has 4 rings (SSSR count). The van der Waals surface area contributed by atoms with E-state index in [1.807, 2.05) is 43.3 Å². The van der Waals surface area contributed by atoms with Gasteiger partial charge in [0.1, 0.15) is 12.6 Å². The lowest BCUT2D eigenvalue weighted by Crippen LogP contribution is -2.53. The average molecular weight is 641 g/mol. The number of anilines is 1. The first kappa shape index (κ1) is 30.8. The molecule has 1 N–H and O–H groups in total. The maximum absolute atomic E-state index is 14.1. The Morgan fingerprint density at radius 1 is 0.927 bits per heavy atom. The highest BCUT2D eigenvalue weighted by Crippen LogP contribution is 2.28. The molecule has 41 heavy (non-hydrogen) atoms. The average Bonchev–Trinajstić information content (AvgIpc) is 3.00. The van der Waals surface area contributed by atoms with Gasteiger partial charge in [-0.15, -0.1) is 0 Å². The molecular weight excluding hydrogens is 602 g/mol. The smallest absolute Gasteiger partial charge is 0.264 e. The fourth-order valence-electron chi connectivity index (χ4n) is 5.22. The topological polar surface area (TPSA) is 86.8 Å². The molecular formula is C32H38BrN3O4S. The van der Waals surface area contributed by atoms with Crippen LogP contribution in [0, 0.1) is 0 Å². The van der Waals surface area contributed by atoms with E-state index in [0.717, 1.165) is 41.3 Å². The number of carbonyl (C=O) groups is 2. The second-order valence-corrected chi connectivity index (χ2v) is 13.3. The summed E-state index contributed by atoms with van der Waals surface area (Å²) in [6.45, 7) is 3.39. The minimum Gasteiger partial charge on any atom is -0.352 e. The molecule has 0 bridgehead atoms. The monoisotopic (exact) mass is 639 g/mol. The Balaban J connectivity index is 1.69. The lowest BCUT2D eigenvalue weighted by Gasteiger charge is -2.33. The maximum Gasteiger partial charge on any atom is 0.264 e. The molecule has 0 radical (unpaired) electrons. The summed E-state index contributed by atoms with van der Waals surface area (Å²) in [5, 5.41) is 3.14. The molecule has 1 atom stereocenters. The predicted octanol–water partition coefficient (Wildman–Crippen LogP) is 6.07. The summed E-state index contributed by atoms with van der Waals surface area (Å²) >= 11 is 3.45. The third-order valence-corrected chi connectivity index (χ3v) is 9.94. The van der Waals surface area contributed by atoms with Crippen molar-refractivity contribution >= 4 is 43.5 Å². The van der Waals surface area contributed by atoms with Crippen LogP contribution in [0.25, 0.3) is 0 Å². The molecule has 9 heteroatoms. The number of carbonyl (C=O) groups excluding carboxylic acids is 2. The van der Waals surface area contributed by atoms with Crippen LogP contribution in [-0.4, -0.2) is 43.8 Å². The second-order valence-electron chi connectivity index (χ2n) is 10.5. The van der Waals surface area contributed by atoms with E-state index in [9.17, 15) is 18.0 Å². The van der Waals surface area contributed by atoms with Crippen LogP contribution in [0.4, 0.5) is 5.69 Å². The largest absolute Gasteiger partial charge is 0.352 e. The first-order valence-corrected chi connectivity index (χ1v) is 16.4. The Hall–Kier alpha value is -3.17. The summed E-state index contributed by atoms with van der Waals surface area (Å²) in [6.07, 6.45) is 5.76. The Morgan fingerprint density at radius 3 is 2.22 bits per heavy atom. The number of amides is 2. The highest BCUT2D eigenvalue weighted by Gasteiger charge is 2.33. The van der Waals surface area contributed by atoms with Gasteiger partial charge in [-0.05, 0) is 67.6 Å². The Bertz CT molecular complexity index is 1420. The van der Waals surface area contributed by atoms with Gasteiger partial charge in [-0.25, -0.2) is 8.42 Å². The molecule has 0 heterocycles. The Labute approximate surface area is 252 Å². The number of hydrogen-bond donors (Lipinski definition) is 1. The Kier molecular flexibility index (Phi) is 10.6. The van der Waals surface area contributed by atoms with Crippen molar-refractivity contribution in [1.82, 2.24) is 10.2 Å². The van der Waals surface area contributed by atoms with Crippen LogP contribution < -0.4 is 9.62 Å². The van der Waals surface area contributed by atoms with E-state index in [1.54, 1.807) is 37.3 Å². The zero-order valence-electron chi connectivity index (χ0n) is 23.6. The van der Waals surface area contributed by atoms with Crippen LogP contribution in [-0.2, 0) is 32.6 Å². The summed E-state index contributed by atoms with van der Waals surface area (Å²) < 4.78 is 30.1. The van der Waals surface area contributed by atoms with E-state index < -0.39 is 28.5 Å². The molecule has 218 valence electrons.